The molecule has 2 heterocycles. The van der Waals surface area contributed by atoms with Crippen molar-refractivity contribution in [2.45, 2.75) is 4.90 Å². The molecule has 1 aromatic carbocycles. The van der Waals surface area contributed by atoms with Gasteiger partial charge in [-0.3, -0.25) is 9.71 Å². The first-order chi connectivity index (χ1) is 9.04. The molecule has 0 fully saturated rings. The zero-order chi connectivity index (χ0) is 13.5. The highest BCUT2D eigenvalue weighted by Crippen LogP contribution is 2.20. The molecule has 0 amide bonds. The molecule has 3 aromatic rings. The summed E-state index contributed by atoms with van der Waals surface area (Å²) in [7, 11) is -3.78. The lowest BCUT2D eigenvalue weighted by Crippen LogP contribution is -2.12. The van der Waals surface area contributed by atoms with Gasteiger partial charge in [0, 0.05) is 6.07 Å². The van der Waals surface area contributed by atoms with Crippen LogP contribution in [0.3, 0.4) is 0 Å². The number of aromatic nitrogens is 3. The molecule has 0 spiro atoms. The van der Waals surface area contributed by atoms with Gasteiger partial charge in [0.1, 0.15) is 5.51 Å². The van der Waals surface area contributed by atoms with Crippen molar-refractivity contribution in [2.24, 2.45) is 0 Å². The van der Waals surface area contributed by atoms with E-state index in [0.717, 1.165) is 11.3 Å². The van der Waals surface area contributed by atoms with Crippen LogP contribution in [0.4, 0.5) is 5.13 Å². The van der Waals surface area contributed by atoms with E-state index in [-0.39, 0.29) is 15.6 Å². The molecule has 8 nitrogen and oxygen atoms in total. The number of benzene rings is 1. The Morgan fingerprint density at radius 3 is 2.95 bits per heavy atom. The first kappa shape index (κ1) is 11.9. The topological polar surface area (TPSA) is 118 Å². The van der Waals surface area contributed by atoms with E-state index in [1.807, 2.05) is 0 Å². The van der Waals surface area contributed by atoms with E-state index in [4.69, 9.17) is 4.42 Å². The second-order valence-electron chi connectivity index (χ2n) is 3.52. The lowest BCUT2D eigenvalue weighted by atomic mass is 10.3. The molecule has 2 N–H and O–H groups in total. The van der Waals surface area contributed by atoms with Gasteiger partial charge in [0.25, 0.3) is 10.0 Å². The van der Waals surface area contributed by atoms with Crippen LogP contribution in [0.2, 0.25) is 0 Å². The molecular weight excluding hydrogens is 292 g/mol. The molecule has 0 radical (unpaired) electrons. The van der Waals surface area contributed by atoms with Crippen LogP contribution in [0.5, 0.6) is 0 Å². The molecule has 19 heavy (non-hydrogen) atoms. The zero-order valence-corrected chi connectivity index (χ0v) is 10.8. The summed E-state index contributed by atoms with van der Waals surface area (Å²) in [6.45, 7) is 0. The number of anilines is 1. The molecular formula is C9H6N4O4S2. The fraction of sp³-hybridized carbons (Fsp3) is 0. The van der Waals surface area contributed by atoms with Gasteiger partial charge in [-0.1, -0.05) is 11.3 Å². The Morgan fingerprint density at radius 2 is 2.21 bits per heavy atom. The maximum Gasteiger partial charge on any atom is 0.417 e. The van der Waals surface area contributed by atoms with Crippen LogP contribution >= 0.6 is 11.3 Å². The summed E-state index contributed by atoms with van der Waals surface area (Å²) in [6.07, 6.45) is 0. The van der Waals surface area contributed by atoms with Crippen LogP contribution < -0.4 is 10.5 Å². The largest absolute Gasteiger partial charge is 0.417 e. The quantitative estimate of drug-likeness (QED) is 0.737. The van der Waals surface area contributed by atoms with Gasteiger partial charge >= 0.3 is 5.76 Å². The van der Waals surface area contributed by atoms with E-state index in [2.05, 4.69) is 19.9 Å². The Kier molecular flexibility index (Phi) is 2.61. The van der Waals surface area contributed by atoms with E-state index in [1.165, 1.54) is 23.7 Å². The van der Waals surface area contributed by atoms with E-state index in [1.54, 1.807) is 0 Å². The van der Waals surface area contributed by atoms with Gasteiger partial charge in [-0.05, 0) is 12.1 Å². The number of nitrogens with zero attached hydrogens (tertiary/aromatic N) is 2. The molecule has 0 bridgehead atoms. The predicted octanol–water partition coefficient (Wildman–Crippen LogP) is 0.773. The van der Waals surface area contributed by atoms with Crippen LogP contribution in [0, 0.1) is 0 Å². The van der Waals surface area contributed by atoms with Gasteiger partial charge in [-0.2, -0.15) is 0 Å². The highest BCUT2D eigenvalue weighted by molar-refractivity contribution is 7.93. The Hall–Kier alpha value is -2.20. The normalized spacial score (nSPS) is 11.8. The molecule has 0 aliphatic carbocycles. The number of fused-ring (bicyclic) bond motifs is 1. The molecule has 0 aliphatic rings. The van der Waals surface area contributed by atoms with Gasteiger partial charge in [0.05, 0.1) is 10.4 Å². The Bertz CT molecular complexity index is 878. The lowest BCUT2D eigenvalue weighted by Gasteiger charge is -2.03. The number of rotatable bonds is 3. The third-order valence-electron chi connectivity index (χ3n) is 2.28. The zero-order valence-electron chi connectivity index (χ0n) is 9.15. The van der Waals surface area contributed by atoms with Gasteiger partial charge < -0.3 is 4.42 Å². The van der Waals surface area contributed by atoms with E-state index in [9.17, 15) is 13.2 Å². The molecule has 2 aromatic heterocycles. The first-order valence-corrected chi connectivity index (χ1v) is 7.33. The summed E-state index contributed by atoms with van der Waals surface area (Å²) < 4.78 is 31.2. The molecule has 0 saturated carbocycles. The fourth-order valence-electron chi connectivity index (χ4n) is 1.48. The SMILES string of the molecule is O=c1[nH]c2ccc(S(=O)(=O)Nc3nncs3)cc2o1. The summed E-state index contributed by atoms with van der Waals surface area (Å²) >= 11 is 1.06. The maximum atomic E-state index is 12.0. The van der Waals surface area contributed by atoms with Gasteiger partial charge in [-0.15, -0.1) is 10.2 Å². The minimum Gasteiger partial charge on any atom is -0.408 e. The molecule has 0 unspecified atom stereocenters. The number of sulfonamides is 1. The fourth-order valence-corrected chi connectivity index (χ4v) is 3.19. The maximum absolute atomic E-state index is 12.0. The van der Waals surface area contributed by atoms with Crippen LogP contribution in [0.15, 0.2) is 37.8 Å². The summed E-state index contributed by atoms with van der Waals surface area (Å²) in [5.41, 5.74) is 2.01. The second kappa shape index (κ2) is 4.17. The molecule has 98 valence electrons. The van der Waals surface area contributed by atoms with Crippen molar-refractivity contribution in [1.29, 1.82) is 0 Å². The summed E-state index contributed by atoms with van der Waals surface area (Å²) in [4.78, 5) is 13.4. The summed E-state index contributed by atoms with van der Waals surface area (Å²) in [5, 5.41) is 7.28. The Balaban J connectivity index is 2.05. The standard InChI is InChI=1S/C9H6N4O4S2/c14-9-11-6-2-1-5(3-7(6)17-9)19(15,16)13-8-12-10-4-18-8/h1-4H,(H,11,14)(H,12,13). The number of oxazole rings is 1. The highest BCUT2D eigenvalue weighted by Gasteiger charge is 2.17. The van der Waals surface area contributed by atoms with Crippen LogP contribution in [0.1, 0.15) is 0 Å². The smallest absolute Gasteiger partial charge is 0.408 e. The minimum absolute atomic E-state index is 0.0297. The number of hydrogen-bond donors (Lipinski definition) is 2. The van der Waals surface area contributed by atoms with Crippen molar-refractivity contribution < 1.29 is 12.8 Å². The predicted molar refractivity (Wildman–Crippen MR) is 67.6 cm³/mol. The van der Waals surface area contributed by atoms with Crippen LogP contribution in [-0.2, 0) is 10.0 Å². The third kappa shape index (κ3) is 2.22. The van der Waals surface area contributed by atoms with Crippen LogP contribution in [0.25, 0.3) is 11.1 Å². The van der Waals surface area contributed by atoms with Gasteiger partial charge in [0.15, 0.2) is 5.58 Å². The first-order valence-electron chi connectivity index (χ1n) is 4.96. The average Bonchev–Trinajstić information content (AvgIpc) is 2.95. The van der Waals surface area contributed by atoms with Gasteiger partial charge in [0.2, 0.25) is 5.13 Å². The van der Waals surface area contributed by atoms with E-state index in [0.29, 0.717) is 5.52 Å². The van der Waals surface area contributed by atoms with E-state index < -0.39 is 15.8 Å². The average molecular weight is 298 g/mol. The van der Waals surface area contributed by atoms with Gasteiger partial charge in [-0.25, -0.2) is 13.2 Å². The number of aromatic amines is 1. The van der Waals surface area contributed by atoms with Crippen molar-refractivity contribution in [2.75, 3.05) is 4.72 Å². The number of nitrogens with one attached hydrogen (secondary N) is 2. The highest BCUT2D eigenvalue weighted by atomic mass is 32.2. The molecule has 0 aliphatic heterocycles. The third-order valence-corrected chi connectivity index (χ3v) is 4.36. The molecule has 10 heteroatoms. The van der Waals surface area contributed by atoms with E-state index >= 15 is 0 Å². The molecule has 0 saturated heterocycles. The van der Waals surface area contributed by atoms with Crippen molar-refractivity contribution in [1.82, 2.24) is 15.2 Å². The minimum atomic E-state index is -3.78. The lowest BCUT2D eigenvalue weighted by molar-refractivity contribution is 0.554. The number of H-pyrrole nitrogens is 1. The number of hydrogen-bond acceptors (Lipinski definition) is 7. The summed E-state index contributed by atoms with van der Waals surface area (Å²) in [6, 6.07) is 4.07. The second-order valence-corrected chi connectivity index (χ2v) is 6.04. The van der Waals surface area contributed by atoms with Crippen molar-refractivity contribution in [3.63, 3.8) is 0 Å². The monoisotopic (exact) mass is 298 g/mol. The summed E-state index contributed by atoms with van der Waals surface area (Å²) in [5.74, 6) is -0.637. The van der Waals surface area contributed by atoms with Crippen LogP contribution in [-0.4, -0.2) is 23.6 Å². The Labute approximate surface area is 110 Å². The van der Waals surface area contributed by atoms with Crippen molar-refractivity contribution >= 4 is 37.6 Å². The van der Waals surface area contributed by atoms with Crippen molar-refractivity contribution in [3.8, 4) is 0 Å². The van der Waals surface area contributed by atoms with Crippen molar-refractivity contribution in [3.05, 3.63) is 34.3 Å². The Morgan fingerprint density at radius 1 is 1.37 bits per heavy atom. The molecule has 3 rings (SSSR count). The molecule has 0 atom stereocenters.